The van der Waals surface area contributed by atoms with E-state index in [-0.39, 0.29) is 12.6 Å². The second-order valence-corrected chi connectivity index (χ2v) is 5.42. The summed E-state index contributed by atoms with van der Waals surface area (Å²) in [5.41, 5.74) is 0. The molecule has 1 unspecified atom stereocenters. The number of para-hydroxylation sites is 2. The second kappa shape index (κ2) is 7.43. The maximum absolute atomic E-state index is 5.75. The first kappa shape index (κ1) is 15.8. The molecular formula is C16H22N4O3. The van der Waals surface area contributed by atoms with Gasteiger partial charge < -0.3 is 19.3 Å². The molecule has 0 amide bonds. The molecule has 1 aliphatic heterocycles. The molecule has 1 atom stereocenters. The lowest BCUT2D eigenvalue weighted by molar-refractivity contribution is 0.189. The van der Waals surface area contributed by atoms with E-state index in [4.69, 9.17) is 14.0 Å². The van der Waals surface area contributed by atoms with Crippen LogP contribution in [0.2, 0.25) is 0 Å². The third kappa shape index (κ3) is 3.80. The molecule has 7 heteroatoms. The fraction of sp³-hybridized carbons (Fsp3) is 0.500. The molecule has 0 saturated carbocycles. The summed E-state index contributed by atoms with van der Waals surface area (Å²) in [5, 5.41) is 7.42. The molecule has 1 N–H and O–H groups in total. The Labute approximate surface area is 135 Å². The number of nitrogens with zero attached hydrogens (tertiary/aromatic N) is 3. The number of rotatable bonds is 6. The minimum atomic E-state index is 0.136. The van der Waals surface area contributed by atoms with Crippen LogP contribution in [0, 0.1) is 0 Å². The smallest absolute Gasteiger partial charge is 0.264 e. The lowest BCUT2D eigenvalue weighted by Crippen LogP contribution is -2.44. The monoisotopic (exact) mass is 318 g/mol. The Balaban J connectivity index is 1.63. The van der Waals surface area contributed by atoms with Gasteiger partial charge >= 0.3 is 0 Å². The van der Waals surface area contributed by atoms with E-state index in [2.05, 4.69) is 27.4 Å². The van der Waals surface area contributed by atoms with Gasteiger partial charge in [0.1, 0.15) is 0 Å². The molecule has 0 bridgehead atoms. The summed E-state index contributed by atoms with van der Waals surface area (Å²) in [7, 11) is 2.07. The minimum Gasteiger partial charge on any atom is -0.490 e. The molecule has 1 fully saturated rings. The van der Waals surface area contributed by atoms with Crippen molar-refractivity contribution >= 4 is 0 Å². The van der Waals surface area contributed by atoms with Crippen molar-refractivity contribution in [1.29, 1.82) is 0 Å². The van der Waals surface area contributed by atoms with Gasteiger partial charge in [0.25, 0.3) is 5.89 Å². The van der Waals surface area contributed by atoms with Crippen molar-refractivity contribution in [1.82, 2.24) is 20.4 Å². The molecule has 2 aromatic rings. The summed E-state index contributed by atoms with van der Waals surface area (Å²) in [5.74, 6) is 2.54. The SMILES string of the molecule is CCOc1ccccc1OCc1nc(C2CNCCN2C)no1. The topological polar surface area (TPSA) is 72.7 Å². The van der Waals surface area contributed by atoms with Gasteiger partial charge in [-0.2, -0.15) is 4.98 Å². The number of ether oxygens (including phenoxy) is 2. The highest BCUT2D eigenvalue weighted by Crippen LogP contribution is 2.27. The van der Waals surface area contributed by atoms with Crippen LogP contribution in [-0.2, 0) is 6.61 Å². The number of hydrogen-bond donors (Lipinski definition) is 1. The molecule has 124 valence electrons. The summed E-state index contributed by atoms with van der Waals surface area (Å²) in [4.78, 5) is 6.67. The molecule has 1 aromatic carbocycles. The Hall–Kier alpha value is -2.12. The zero-order chi connectivity index (χ0) is 16.1. The van der Waals surface area contributed by atoms with Crippen molar-refractivity contribution < 1.29 is 14.0 Å². The van der Waals surface area contributed by atoms with E-state index in [0.29, 0.717) is 29.8 Å². The number of piperazine rings is 1. The van der Waals surface area contributed by atoms with Crippen LogP contribution in [0.3, 0.4) is 0 Å². The van der Waals surface area contributed by atoms with Gasteiger partial charge in [0, 0.05) is 19.6 Å². The Morgan fingerprint density at radius 2 is 2.09 bits per heavy atom. The molecule has 7 nitrogen and oxygen atoms in total. The highest BCUT2D eigenvalue weighted by Gasteiger charge is 2.25. The highest BCUT2D eigenvalue weighted by atomic mass is 16.5. The summed E-state index contributed by atoms with van der Waals surface area (Å²) in [6.07, 6.45) is 0. The molecule has 0 aliphatic carbocycles. The zero-order valence-corrected chi connectivity index (χ0v) is 13.5. The summed E-state index contributed by atoms with van der Waals surface area (Å²) in [6, 6.07) is 7.69. The van der Waals surface area contributed by atoms with E-state index < -0.39 is 0 Å². The van der Waals surface area contributed by atoms with Crippen molar-refractivity contribution in [2.45, 2.75) is 19.6 Å². The van der Waals surface area contributed by atoms with Crippen molar-refractivity contribution in [3.8, 4) is 11.5 Å². The van der Waals surface area contributed by atoms with E-state index in [1.165, 1.54) is 0 Å². The fourth-order valence-corrected chi connectivity index (χ4v) is 2.54. The summed E-state index contributed by atoms with van der Waals surface area (Å²) in [6.45, 7) is 5.52. The van der Waals surface area contributed by atoms with Gasteiger partial charge in [-0.3, -0.25) is 4.90 Å². The fourth-order valence-electron chi connectivity index (χ4n) is 2.54. The first-order valence-corrected chi connectivity index (χ1v) is 7.86. The predicted octanol–water partition coefficient (Wildman–Crippen LogP) is 1.62. The van der Waals surface area contributed by atoms with Crippen LogP contribution >= 0.6 is 0 Å². The quantitative estimate of drug-likeness (QED) is 0.867. The van der Waals surface area contributed by atoms with Crippen molar-refractivity contribution in [3.05, 3.63) is 36.0 Å². The molecule has 1 aromatic heterocycles. The van der Waals surface area contributed by atoms with Gasteiger partial charge in [0.15, 0.2) is 23.9 Å². The average molecular weight is 318 g/mol. The highest BCUT2D eigenvalue weighted by molar-refractivity contribution is 5.39. The van der Waals surface area contributed by atoms with Crippen LogP contribution in [-0.4, -0.2) is 48.3 Å². The number of aromatic nitrogens is 2. The Morgan fingerprint density at radius 1 is 1.30 bits per heavy atom. The Bertz CT molecular complexity index is 631. The van der Waals surface area contributed by atoms with Gasteiger partial charge in [0.2, 0.25) is 0 Å². The van der Waals surface area contributed by atoms with Crippen LogP contribution in [0.25, 0.3) is 0 Å². The first-order chi connectivity index (χ1) is 11.3. The molecule has 1 aliphatic rings. The maximum atomic E-state index is 5.75. The number of hydrogen-bond acceptors (Lipinski definition) is 7. The third-order valence-electron chi connectivity index (χ3n) is 3.79. The van der Waals surface area contributed by atoms with Gasteiger partial charge in [-0.25, -0.2) is 0 Å². The van der Waals surface area contributed by atoms with E-state index in [9.17, 15) is 0 Å². The molecule has 3 rings (SSSR count). The van der Waals surface area contributed by atoms with Crippen LogP contribution < -0.4 is 14.8 Å². The molecule has 1 saturated heterocycles. The van der Waals surface area contributed by atoms with Gasteiger partial charge in [-0.05, 0) is 26.1 Å². The number of nitrogens with one attached hydrogen (secondary N) is 1. The summed E-state index contributed by atoms with van der Waals surface area (Å²) < 4.78 is 16.6. The Kier molecular flexibility index (Phi) is 5.09. The van der Waals surface area contributed by atoms with Gasteiger partial charge in [0.05, 0.1) is 12.6 Å². The average Bonchev–Trinajstić information content (AvgIpc) is 3.03. The van der Waals surface area contributed by atoms with Crippen LogP contribution in [0.5, 0.6) is 11.5 Å². The molecule has 23 heavy (non-hydrogen) atoms. The van der Waals surface area contributed by atoms with Crippen LogP contribution in [0.1, 0.15) is 24.7 Å². The lowest BCUT2D eigenvalue weighted by Gasteiger charge is -2.30. The Morgan fingerprint density at radius 3 is 2.83 bits per heavy atom. The van der Waals surface area contributed by atoms with E-state index in [1.54, 1.807) is 0 Å². The maximum Gasteiger partial charge on any atom is 0.264 e. The molecule has 0 radical (unpaired) electrons. The zero-order valence-electron chi connectivity index (χ0n) is 13.5. The minimum absolute atomic E-state index is 0.136. The van der Waals surface area contributed by atoms with Gasteiger partial charge in [-0.1, -0.05) is 17.3 Å². The van der Waals surface area contributed by atoms with Crippen molar-refractivity contribution in [3.63, 3.8) is 0 Å². The van der Waals surface area contributed by atoms with Crippen LogP contribution in [0.4, 0.5) is 0 Å². The number of benzene rings is 1. The third-order valence-corrected chi connectivity index (χ3v) is 3.79. The second-order valence-electron chi connectivity index (χ2n) is 5.42. The number of likely N-dealkylation sites (N-methyl/N-ethyl adjacent to an activating group) is 1. The van der Waals surface area contributed by atoms with Crippen molar-refractivity contribution in [2.24, 2.45) is 0 Å². The molecule has 0 spiro atoms. The predicted molar refractivity (Wildman–Crippen MR) is 84.5 cm³/mol. The van der Waals surface area contributed by atoms with Crippen LogP contribution in [0.15, 0.2) is 28.8 Å². The van der Waals surface area contributed by atoms with Gasteiger partial charge in [-0.15, -0.1) is 0 Å². The summed E-state index contributed by atoms with van der Waals surface area (Å²) >= 11 is 0. The molecule has 2 heterocycles. The lowest BCUT2D eigenvalue weighted by atomic mass is 10.2. The standard InChI is InChI=1S/C16H22N4O3/c1-3-21-13-6-4-5-7-14(13)22-11-15-18-16(19-23-15)12-10-17-8-9-20(12)2/h4-7,12,17H,3,8-11H2,1-2H3. The molecular weight excluding hydrogens is 296 g/mol. The first-order valence-electron chi connectivity index (χ1n) is 7.86. The van der Waals surface area contributed by atoms with E-state index >= 15 is 0 Å². The normalized spacial score (nSPS) is 18.8. The van der Waals surface area contributed by atoms with E-state index in [0.717, 1.165) is 19.6 Å². The van der Waals surface area contributed by atoms with Crippen molar-refractivity contribution in [2.75, 3.05) is 33.3 Å². The van der Waals surface area contributed by atoms with E-state index in [1.807, 2.05) is 31.2 Å². The largest absolute Gasteiger partial charge is 0.490 e.